The Morgan fingerprint density at radius 2 is 1.95 bits per heavy atom. The topological polar surface area (TPSA) is 67.2 Å². The zero-order valence-electron chi connectivity index (χ0n) is 12.6. The van der Waals surface area contributed by atoms with Crippen LogP contribution in [0.2, 0.25) is 0 Å². The van der Waals surface area contributed by atoms with Gasteiger partial charge in [-0.05, 0) is 30.5 Å². The average Bonchev–Trinajstić information content (AvgIpc) is 2.37. The second-order valence-electron chi connectivity index (χ2n) is 5.60. The molecule has 112 valence electrons. The zero-order valence-corrected chi connectivity index (χ0v) is 12.6. The normalized spacial score (nSPS) is 10.6. The first-order valence-electron chi connectivity index (χ1n) is 7.48. The lowest BCUT2D eigenvalue weighted by atomic mass is 10.0. The highest BCUT2D eigenvalue weighted by atomic mass is 16.2. The fourth-order valence-electron chi connectivity index (χ4n) is 2.02. The third kappa shape index (κ3) is 7.67. The van der Waals surface area contributed by atoms with E-state index >= 15 is 0 Å². The summed E-state index contributed by atoms with van der Waals surface area (Å²) in [5.41, 5.74) is 7.02. The van der Waals surface area contributed by atoms with Crippen LogP contribution in [-0.4, -0.2) is 12.6 Å². The Morgan fingerprint density at radius 1 is 1.20 bits per heavy atom. The number of nitrogen functional groups attached to an aromatic ring is 1. The summed E-state index contributed by atoms with van der Waals surface area (Å²) in [4.78, 5) is 11.6. The van der Waals surface area contributed by atoms with Gasteiger partial charge < -0.3 is 16.4 Å². The van der Waals surface area contributed by atoms with Gasteiger partial charge in [-0.15, -0.1) is 0 Å². The van der Waals surface area contributed by atoms with Gasteiger partial charge in [-0.25, -0.2) is 4.79 Å². The summed E-state index contributed by atoms with van der Waals surface area (Å²) in [5, 5.41) is 5.63. The number of nitrogens with two attached hydrogens (primary N) is 1. The van der Waals surface area contributed by atoms with Crippen molar-refractivity contribution < 1.29 is 4.79 Å². The molecule has 0 saturated carbocycles. The van der Waals surface area contributed by atoms with E-state index < -0.39 is 0 Å². The summed E-state index contributed by atoms with van der Waals surface area (Å²) in [6.07, 6.45) is 6.03. The first kappa shape index (κ1) is 16.3. The van der Waals surface area contributed by atoms with Gasteiger partial charge in [0.25, 0.3) is 0 Å². The van der Waals surface area contributed by atoms with Crippen molar-refractivity contribution in [3.8, 4) is 0 Å². The van der Waals surface area contributed by atoms with E-state index in [-0.39, 0.29) is 6.03 Å². The van der Waals surface area contributed by atoms with Crippen LogP contribution in [-0.2, 0) is 0 Å². The highest BCUT2D eigenvalue weighted by Gasteiger charge is 2.01. The molecule has 0 aliphatic carbocycles. The first-order chi connectivity index (χ1) is 9.58. The number of rotatable bonds is 8. The van der Waals surface area contributed by atoms with Crippen LogP contribution in [0.3, 0.4) is 0 Å². The molecule has 4 heteroatoms. The number of carbonyl (C=O) groups is 1. The van der Waals surface area contributed by atoms with Gasteiger partial charge in [0, 0.05) is 17.9 Å². The van der Waals surface area contributed by atoms with Crippen LogP contribution in [0.15, 0.2) is 24.3 Å². The van der Waals surface area contributed by atoms with Gasteiger partial charge in [0.2, 0.25) is 0 Å². The molecule has 0 aliphatic rings. The van der Waals surface area contributed by atoms with Crippen molar-refractivity contribution >= 4 is 17.4 Å². The lowest BCUT2D eigenvalue weighted by molar-refractivity contribution is 0.252. The van der Waals surface area contributed by atoms with E-state index in [0.29, 0.717) is 5.69 Å². The van der Waals surface area contributed by atoms with E-state index in [2.05, 4.69) is 24.5 Å². The molecule has 20 heavy (non-hydrogen) atoms. The molecule has 1 aromatic rings. The fraction of sp³-hybridized carbons (Fsp3) is 0.562. The van der Waals surface area contributed by atoms with Gasteiger partial charge in [0.1, 0.15) is 0 Å². The van der Waals surface area contributed by atoms with Crippen LogP contribution in [0.5, 0.6) is 0 Å². The highest BCUT2D eigenvalue weighted by Crippen LogP contribution is 2.11. The molecule has 0 saturated heterocycles. The number of anilines is 2. The van der Waals surface area contributed by atoms with E-state index in [1.807, 2.05) is 12.1 Å². The van der Waals surface area contributed by atoms with E-state index in [1.165, 1.54) is 25.7 Å². The van der Waals surface area contributed by atoms with Gasteiger partial charge in [0.05, 0.1) is 0 Å². The van der Waals surface area contributed by atoms with Crippen molar-refractivity contribution in [2.24, 2.45) is 5.92 Å². The average molecular weight is 277 g/mol. The summed E-state index contributed by atoms with van der Waals surface area (Å²) < 4.78 is 0. The molecule has 0 atom stereocenters. The van der Waals surface area contributed by atoms with Crippen LogP contribution in [0.1, 0.15) is 46.0 Å². The van der Waals surface area contributed by atoms with Crippen LogP contribution < -0.4 is 16.4 Å². The molecular formula is C16H27N3O. The molecule has 0 unspecified atom stereocenters. The smallest absolute Gasteiger partial charge is 0.319 e. The Bertz CT molecular complexity index is 404. The molecular weight excluding hydrogens is 250 g/mol. The minimum absolute atomic E-state index is 0.169. The van der Waals surface area contributed by atoms with Crippen molar-refractivity contribution in [2.45, 2.75) is 46.0 Å². The summed E-state index contributed by atoms with van der Waals surface area (Å²) >= 11 is 0. The molecule has 4 N–H and O–H groups in total. The van der Waals surface area contributed by atoms with E-state index in [9.17, 15) is 4.79 Å². The summed E-state index contributed by atoms with van der Waals surface area (Å²) in [7, 11) is 0. The Hall–Kier alpha value is -1.71. The summed E-state index contributed by atoms with van der Waals surface area (Å²) in [5.74, 6) is 0.789. The molecule has 0 spiro atoms. The lowest BCUT2D eigenvalue weighted by Gasteiger charge is -2.08. The second kappa shape index (κ2) is 9.23. The minimum Gasteiger partial charge on any atom is -0.399 e. The number of hydrogen-bond acceptors (Lipinski definition) is 2. The van der Waals surface area contributed by atoms with Gasteiger partial charge in [0.15, 0.2) is 0 Å². The maximum Gasteiger partial charge on any atom is 0.319 e. The first-order valence-corrected chi connectivity index (χ1v) is 7.48. The van der Waals surface area contributed by atoms with Crippen LogP contribution in [0.4, 0.5) is 16.2 Å². The van der Waals surface area contributed by atoms with Gasteiger partial charge in [-0.1, -0.05) is 45.6 Å². The van der Waals surface area contributed by atoms with Crippen molar-refractivity contribution in [1.29, 1.82) is 0 Å². The van der Waals surface area contributed by atoms with Crippen molar-refractivity contribution in [3.63, 3.8) is 0 Å². The number of unbranched alkanes of at least 4 members (excludes halogenated alkanes) is 3. The van der Waals surface area contributed by atoms with E-state index in [1.54, 1.807) is 12.1 Å². The molecule has 2 amide bonds. The molecule has 0 fully saturated rings. The minimum atomic E-state index is -0.169. The van der Waals surface area contributed by atoms with Gasteiger partial charge in [-0.3, -0.25) is 0 Å². The molecule has 0 radical (unpaired) electrons. The number of carbonyl (C=O) groups excluding carboxylic acids is 1. The number of hydrogen-bond donors (Lipinski definition) is 3. The van der Waals surface area contributed by atoms with E-state index in [4.69, 9.17) is 5.73 Å². The quantitative estimate of drug-likeness (QED) is 0.496. The third-order valence-corrected chi connectivity index (χ3v) is 3.14. The highest BCUT2D eigenvalue weighted by molar-refractivity contribution is 5.89. The summed E-state index contributed by atoms with van der Waals surface area (Å²) in [6, 6.07) is 7.01. The molecule has 4 nitrogen and oxygen atoms in total. The van der Waals surface area contributed by atoms with Crippen molar-refractivity contribution in [1.82, 2.24) is 5.32 Å². The number of nitrogens with one attached hydrogen (secondary N) is 2. The monoisotopic (exact) mass is 277 g/mol. The Labute approximate surface area is 122 Å². The summed E-state index contributed by atoms with van der Waals surface area (Å²) in [6.45, 7) is 5.22. The predicted molar refractivity (Wildman–Crippen MR) is 85.8 cm³/mol. The van der Waals surface area contributed by atoms with E-state index in [0.717, 1.165) is 24.6 Å². The van der Waals surface area contributed by atoms with Crippen molar-refractivity contribution in [3.05, 3.63) is 24.3 Å². The van der Waals surface area contributed by atoms with Gasteiger partial charge in [-0.2, -0.15) is 0 Å². The molecule has 0 bridgehead atoms. The Balaban J connectivity index is 2.06. The standard InChI is InChI=1S/C16H27N3O/c1-13(2)8-5-3-4-6-11-18-16(20)19-15-10-7-9-14(17)12-15/h7,9-10,12-13H,3-6,8,11,17H2,1-2H3,(H2,18,19,20). The molecule has 1 aromatic carbocycles. The largest absolute Gasteiger partial charge is 0.399 e. The maximum atomic E-state index is 11.6. The van der Waals surface area contributed by atoms with Crippen LogP contribution >= 0.6 is 0 Å². The van der Waals surface area contributed by atoms with Gasteiger partial charge >= 0.3 is 6.03 Å². The Morgan fingerprint density at radius 3 is 2.65 bits per heavy atom. The maximum absolute atomic E-state index is 11.6. The third-order valence-electron chi connectivity index (χ3n) is 3.14. The molecule has 1 rings (SSSR count). The van der Waals surface area contributed by atoms with Crippen molar-refractivity contribution in [2.75, 3.05) is 17.6 Å². The van der Waals surface area contributed by atoms with Crippen LogP contribution in [0, 0.1) is 5.92 Å². The number of urea groups is 1. The zero-order chi connectivity index (χ0) is 14.8. The predicted octanol–water partition coefficient (Wildman–Crippen LogP) is 4.00. The SMILES string of the molecule is CC(C)CCCCCCNC(=O)Nc1cccc(N)c1. The lowest BCUT2D eigenvalue weighted by Crippen LogP contribution is -2.29. The number of amides is 2. The molecule has 0 aromatic heterocycles. The fourth-order valence-corrected chi connectivity index (χ4v) is 2.02. The second-order valence-corrected chi connectivity index (χ2v) is 5.60. The molecule has 0 heterocycles. The Kier molecular flexibility index (Phi) is 7.55. The van der Waals surface area contributed by atoms with Crippen LogP contribution in [0.25, 0.3) is 0 Å². The molecule has 0 aliphatic heterocycles. The number of benzene rings is 1.